The predicted molar refractivity (Wildman–Crippen MR) is 98.4 cm³/mol. The van der Waals surface area contributed by atoms with Crippen LogP contribution in [-0.2, 0) is 14.8 Å². The molecule has 26 heavy (non-hydrogen) atoms. The van der Waals surface area contributed by atoms with E-state index in [0.29, 0.717) is 23.7 Å². The molecular formula is C18H17N3O4S. The van der Waals surface area contributed by atoms with Crippen molar-refractivity contribution in [2.75, 3.05) is 30.8 Å². The molecule has 0 fully saturated rings. The van der Waals surface area contributed by atoms with Crippen molar-refractivity contribution in [1.29, 1.82) is 0 Å². The standard InChI is InChI=1S/C18H17N3O4S/c1-21(13-8-12-4-2-3-5-15(12)19-10-13)26(23,24)14-6-7-16-17(9-14)25-11-18(22)20-16/h2-9,19H,10-11H2,1H3,(H,20,22). The number of rotatable bonds is 3. The Morgan fingerprint density at radius 1 is 1.12 bits per heavy atom. The normalized spacial score (nSPS) is 15.6. The quantitative estimate of drug-likeness (QED) is 0.863. The van der Waals surface area contributed by atoms with Crippen LogP contribution in [0.4, 0.5) is 11.4 Å². The van der Waals surface area contributed by atoms with Crippen LogP contribution in [0.2, 0.25) is 0 Å². The Bertz CT molecular complexity index is 1030. The van der Waals surface area contributed by atoms with Gasteiger partial charge in [0.1, 0.15) is 5.75 Å². The van der Waals surface area contributed by atoms with Gasteiger partial charge in [0, 0.05) is 24.5 Å². The van der Waals surface area contributed by atoms with E-state index in [-0.39, 0.29) is 17.4 Å². The third-order valence-corrected chi connectivity index (χ3v) is 6.20. The maximum atomic E-state index is 13.0. The van der Waals surface area contributed by atoms with Gasteiger partial charge in [0.25, 0.3) is 15.9 Å². The first kappa shape index (κ1) is 16.5. The van der Waals surface area contributed by atoms with Crippen molar-refractivity contribution in [1.82, 2.24) is 4.31 Å². The minimum Gasteiger partial charge on any atom is -0.482 e. The summed E-state index contributed by atoms with van der Waals surface area (Å²) >= 11 is 0. The zero-order valence-electron chi connectivity index (χ0n) is 14.0. The monoisotopic (exact) mass is 371 g/mol. The van der Waals surface area contributed by atoms with Crippen molar-refractivity contribution in [2.45, 2.75) is 4.90 Å². The fourth-order valence-electron chi connectivity index (χ4n) is 2.93. The molecule has 0 saturated carbocycles. The number of amides is 1. The number of ether oxygens (including phenoxy) is 1. The second-order valence-electron chi connectivity index (χ2n) is 6.04. The van der Waals surface area contributed by atoms with Crippen LogP contribution in [0, 0.1) is 0 Å². The highest BCUT2D eigenvalue weighted by atomic mass is 32.2. The number of fused-ring (bicyclic) bond motifs is 2. The Morgan fingerprint density at radius 2 is 1.92 bits per heavy atom. The van der Waals surface area contributed by atoms with Gasteiger partial charge in [-0.05, 0) is 29.8 Å². The van der Waals surface area contributed by atoms with E-state index in [1.807, 2.05) is 30.3 Å². The topological polar surface area (TPSA) is 87.7 Å². The number of benzene rings is 2. The lowest BCUT2D eigenvalue weighted by atomic mass is 10.1. The molecule has 8 heteroatoms. The van der Waals surface area contributed by atoms with Crippen molar-refractivity contribution in [3.05, 3.63) is 53.7 Å². The summed E-state index contributed by atoms with van der Waals surface area (Å²) in [7, 11) is -2.23. The molecule has 2 aliphatic heterocycles. The molecule has 2 aromatic rings. The maximum absolute atomic E-state index is 13.0. The van der Waals surface area contributed by atoms with E-state index >= 15 is 0 Å². The number of carbonyl (C=O) groups is 1. The lowest BCUT2D eigenvalue weighted by molar-refractivity contribution is -0.118. The Balaban J connectivity index is 1.67. The molecular weight excluding hydrogens is 354 g/mol. The summed E-state index contributed by atoms with van der Waals surface area (Å²) in [4.78, 5) is 11.5. The molecule has 0 radical (unpaired) electrons. The summed E-state index contributed by atoms with van der Waals surface area (Å²) in [6.07, 6.45) is 1.86. The second-order valence-corrected chi connectivity index (χ2v) is 8.01. The van der Waals surface area contributed by atoms with Crippen molar-refractivity contribution in [3.63, 3.8) is 0 Å². The zero-order chi connectivity index (χ0) is 18.3. The number of para-hydroxylation sites is 1. The van der Waals surface area contributed by atoms with Gasteiger partial charge in [0.2, 0.25) is 0 Å². The van der Waals surface area contributed by atoms with Gasteiger partial charge in [-0.25, -0.2) is 8.42 Å². The Kier molecular flexibility index (Phi) is 3.84. The van der Waals surface area contributed by atoms with Crippen LogP contribution in [-0.4, -0.2) is 38.8 Å². The number of nitrogens with one attached hydrogen (secondary N) is 2. The Hall–Kier alpha value is -3.00. The highest BCUT2D eigenvalue weighted by molar-refractivity contribution is 7.89. The van der Waals surface area contributed by atoms with Crippen LogP contribution in [0.15, 0.2) is 53.1 Å². The van der Waals surface area contributed by atoms with Gasteiger partial charge in [-0.15, -0.1) is 0 Å². The van der Waals surface area contributed by atoms with Crippen LogP contribution in [0.1, 0.15) is 5.56 Å². The number of hydrogen-bond acceptors (Lipinski definition) is 5. The van der Waals surface area contributed by atoms with Crippen molar-refractivity contribution < 1.29 is 17.9 Å². The van der Waals surface area contributed by atoms with Gasteiger partial charge in [-0.1, -0.05) is 18.2 Å². The fraction of sp³-hybridized carbons (Fsp3) is 0.167. The van der Waals surface area contributed by atoms with E-state index in [0.717, 1.165) is 11.3 Å². The first-order chi connectivity index (χ1) is 12.4. The average molecular weight is 371 g/mol. The first-order valence-electron chi connectivity index (χ1n) is 8.04. The molecule has 7 nitrogen and oxygen atoms in total. The maximum Gasteiger partial charge on any atom is 0.264 e. The van der Waals surface area contributed by atoms with Gasteiger partial charge in [-0.3, -0.25) is 9.10 Å². The summed E-state index contributed by atoms with van der Waals surface area (Å²) in [6.45, 7) is 0.280. The average Bonchev–Trinajstić information content (AvgIpc) is 2.66. The van der Waals surface area contributed by atoms with Gasteiger partial charge in [0.05, 0.1) is 17.1 Å². The minimum atomic E-state index is -3.76. The first-order valence-corrected chi connectivity index (χ1v) is 9.48. The largest absolute Gasteiger partial charge is 0.482 e. The summed E-state index contributed by atoms with van der Waals surface area (Å²) in [5, 5.41) is 5.87. The van der Waals surface area contributed by atoms with Gasteiger partial charge in [0.15, 0.2) is 6.61 Å². The number of likely N-dealkylation sites (N-methyl/N-ethyl adjacent to an activating group) is 1. The molecule has 0 bridgehead atoms. The van der Waals surface area contributed by atoms with Crippen LogP contribution < -0.4 is 15.4 Å². The highest BCUT2D eigenvalue weighted by Crippen LogP contribution is 2.33. The van der Waals surface area contributed by atoms with E-state index in [1.165, 1.54) is 29.6 Å². The molecule has 2 N–H and O–H groups in total. The molecule has 2 heterocycles. The summed E-state index contributed by atoms with van der Waals surface area (Å²) < 4.78 is 32.6. The highest BCUT2D eigenvalue weighted by Gasteiger charge is 2.27. The summed E-state index contributed by atoms with van der Waals surface area (Å²) in [6, 6.07) is 12.1. The van der Waals surface area contributed by atoms with E-state index in [1.54, 1.807) is 0 Å². The van der Waals surface area contributed by atoms with Crippen LogP contribution in [0.25, 0.3) is 6.08 Å². The molecule has 0 aromatic heterocycles. The summed E-state index contributed by atoms with van der Waals surface area (Å²) in [5.41, 5.74) is 3.01. The van der Waals surface area contributed by atoms with Crippen molar-refractivity contribution in [3.8, 4) is 5.75 Å². The molecule has 134 valence electrons. The predicted octanol–water partition coefficient (Wildman–Crippen LogP) is 2.10. The van der Waals surface area contributed by atoms with E-state index in [9.17, 15) is 13.2 Å². The molecule has 2 aliphatic rings. The van der Waals surface area contributed by atoms with Crippen molar-refractivity contribution in [2.24, 2.45) is 0 Å². The van der Waals surface area contributed by atoms with Gasteiger partial charge >= 0.3 is 0 Å². The van der Waals surface area contributed by atoms with Crippen LogP contribution >= 0.6 is 0 Å². The van der Waals surface area contributed by atoms with E-state index < -0.39 is 10.0 Å². The van der Waals surface area contributed by atoms with Crippen molar-refractivity contribution >= 4 is 33.4 Å². The SMILES string of the molecule is CN(C1=Cc2ccccc2NC1)S(=O)(=O)c1ccc2c(c1)OCC(=O)N2. The number of nitrogens with zero attached hydrogens (tertiary/aromatic N) is 1. The molecule has 2 aromatic carbocycles. The van der Waals surface area contributed by atoms with E-state index in [2.05, 4.69) is 10.6 Å². The zero-order valence-corrected chi connectivity index (χ0v) is 14.8. The lowest BCUT2D eigenvalue weighted by Gasteiger charge is -2.27. The molecule has 1 amide bonds. The third-order valence-electron chi connectivity index (χ3n) is 4.39. The minimum absolute atomic E-state index is 0.106. The third kappa shape index (κ3) is 2.78. The van der Waals surface area contributed by atoms with Crippen LogP contribution in [0.5, 0.6) is 5.75 Å². The lowest BCUT2D eigenvalue weighted by Crippen LogP contribution is -2.31. The number of anilines is 2. The number of hydrogen-bond donors (Lipinski definition) is 2. The van der Waals surface area contributed by atoms with Gasteiger partial charge < -0.3 is 15.4 Å². The van der Waals surface area contributed by atoms with Gasteiger partial charge in [-0.2, -0.15) is 0 Å². The number of carbonyl (C=O) groups excluding carboxylic acids is 1. The smallest absolute Gasteiger partial charge is 0.264 e. The second kappa shape index (κ2) is 6.06. The summed E-state index contributed by atoms with van der Waals surface area (Å²) in [5.74, 6) is 0.0856. The Morgan fingerprint density at radius 3 is 2.77 bits per heavy atom. The molecule has 0 aliphatic carbocycles. The Labute approximate surface area is 151 Å². The molecule has 0 saturated heterocycles. The molecule has 0 spiro atoms. The number of sulfonamides is 1. The van der Waals surface area contributed by atoms with E-state index in [4.69, 9.17) is 4.74 Å². The molecule has 0 unspecified atom stereocenters. The molecule has 4 rings (SSSR count). The fourth-order valence-corrected chi connectivity index (χ4v) is 4.17. The van der Waals surface area contributed by atoms with Crippen LogP contribution in [0.3, 0.4) is 0 Å². The molecule has 0 atom stereocenters.